The maximum Gasteiger partial charge on any atom is 0.338 e. The Kier molecular flexibility index (Phi) is 6.23. The first-order chi connectivity index (χ1) is 14.4. The number of benzene rings is 3. The first kappa shape index (κ1) is 20.3. The van der Waals surface area contributed by atoms with Crippen LogP contribution in [0.4, 0.5) is 17.1 Å². The molecular weight excluding hydrogens is 390 g/mol. The Morgan fingerprint density at radius 2 is 1.70 bits per heavy atom. The molecule has 0 atom stereocenters. The number of nitrogen functional groups attached to an aromatic ring is 1. The Morgan fingerprint density at radius 1 is 1.00 bits per heavy atom. The van der Waals surface area contributed by atoms with Gasteiger partial charge in [-0.15, -0.1) is 0 Å². The zero-order chi connectivity index (χ0) is 21.5. The molecule has 0 saturated carbocycles. The number of carbonyl (C=O) groups excluding carboxylic acids is 2. The van der Waals surface area contributed by atoms with Crippen molar-refractivity contribution in [3.05, 3.63) is 88.5 Å². The molecule has 0 spiro atoms. The van der Waals surface area contributed by atoms with Gasteiger partial charge in [0.25, 0.3) is 11.6 Å². The summed E-state index contributed by atoms with van der Waals surface area (Å²) in [4.78, 5) is 34.5. The van der Waals surface area contributed by atoms with Crippen LogP contribution in [0, 0.1) is 10.1 Å². The van der Waals surface area contributed by atoms with Gasteiger partial charge in [-0.05, 0) is 36.4 Å². The fourth-order valence-electron chi connectivity index (χ4n) is 2.50. The van der Waals surface area contributed by atoms with E-state index in [2.05, 4.69) is 5.32 Å². The number of nitro groups is 1. The summed E-state index contributed by atoms with van der Waals surface area (Å²) in [5.74, 6) is -0.479. The standard InChI is InChI=1S/C21H17N3O6/c22-16-11-10-14(12-18(16)24(27)28)21(26)29-13-20(25)23-17-8-4-5-9-19(17)30-15-6-2-1-3-7-15/h1-12H,13,22H2,(H,23,25). The van der Waals surface area contributed by atoms with Gasteiger partial charge >= 0.3 is 5.97 Å². The third-order valence-corrected chi connectivity index (χ3v) is 3.93. The number of ether oxygens (including phenoxy) is 2. The molecule has 9 heteroatoms. The van der Waals surface area contributed by atoms with E-state index in [0.717, 1.165) is 6.07 Å². The molecule has 1 amide bonds. The molecule has 0 aliphatic heterocycles. The second-order valence-corrected chi connectivity index (χ2v) is 6.07. The summed E-state index contributed by atoms with van der Waals surface area (Å²) in [5.41, 5.74) is 5.31. The number of anilines is 2. The van der Waals surface area contributed by atoms with Crippen molar-refractivity contribution >= 4 is 28.9 Å². The second kappa shape index (κ2) is 9.20. The molecule has 152 valence electrons. The average molecular weight is 407 g/mol. The molecule has 30 heavy (non-hydrogen) atoms. The van der Waals surface area contributed by atoms with Gasteiger partial charge in [-0.1, -0.05) is 30.3 Å². The van der Waals surface area contributed by atoms with Gasteiger partial charge < -0.3 is 20.5 Å². The van der Waals surface area contributed by atoms with Crippen LogP contribution >= 0.6 is 0 Å². The molecule has 0 saturated heterocycles. The number of nitro benzene ring substituents is 1. The molecule has 0 radical (unpaired) electrons. The van der Waals surface area contributed by atoms with Crippen LogP contribution in [-0.2, 0) is 9.53 Å². The molecule has 9 nitrogen and oxygen atoms in total. The normalized spacial score (nSPS) is 10.1. The zero-order valence-corrected chi connectivity index (χ0v) is 15.6. The maximum atomic E-state index is 12.2. The summed E-state index contributed by atoms with van der Waals surface area (Å²) in [6.07, 6.45) is 0. The lowest BCUT2D eigenvalue weighted by Gasteiger charge is -2.12. The van der Waals surface area contributed by atoms with E-state index in [1.54, 1.807) is 36.4 Å². The molecule has 0 aliphatic carbocycles. The summed E-state index contributed by atoms with van der Waals surface area (Å²) in [6.45, 7) is -0.587. The van der Waals surface area contributed by atoms with Crippen molar-refractivity contribution in [1.82, 2.24) is 0 Å². The minimum absolute atomic E-state index is 0.0793. The molecule has 0 fully saturated rings. The Labute approximate surface area is 171 Å². The van der Waals surface area contributed by atoms with E-state index < -0.39 is 29.1 Å². The number of nitrogens with zero attached hydrogens (tertiary/aromatic N) is 1. The third-order valence-electron chi connectivity index (χ3n) is 3.93. The lowest BCUT2D eigenvalue weighted by Crippen LogP contribution is -2.21. The highest BCUT2D eigenvalue weighted by Gasteiger charge is 2.18. The topological polar surface area (TPSA) is 134 Å². The smallest absolute Gasteiger partial charge is 0.338 e. The number of hydrogen-bond acceptors (Lipinski definition) is 7. The number of para-hydroxylation sites is 3. The van der Waals surface area contributed by atoms with Gasteiger partial charge in [0.1, 0.15) is 11.4 Å². The summed E-state index contributed by atoms with van der Waals surface area (Å²) in [5, 5.41) is 13.5. The number of hydrogen-bond donors (Lipinski definition) is 2. The molecule has 0 aliphatic rings. The molecule has 3 aromatic carbocycles. The molecule has 0 bridgehead atoms. The van der Waals surface area contributed by atoms with Gasteiger partial charge in [0, 0.05) is 6.07 Å². The molecule has 0 aromatic heterocycles. The van der Waals surface area contributed by atoms with Crippen LogP contribution in [0.3, 0.4) is 0 Å². The number of nitrogens with two attached hydrogens (primary N) is 1. The number of carbonyl (C=O) groups is 2. The lowest BCUT2D eigenvalue weighted by atomic mass is 10.2. The van der Waals surface area contributed by atoms with Crippen LogP contribution in [0.25, 0.3) is 0 Å². The minimum Gasteiger partial charge on any atom is -0.455 e. The van der Waals surface area contributed by atoms with Crippen LogP contribution in [-0.4, -0.2) is 23.4 Å². The quantitative estimate of drug-likeness (QED) is 0.263. The van der Waals surface area contributed by atoms with Gasteiger partial charge in [-0.2, -0.15) is 0 Å². The number of nitrogens with one attached hydrogen (secondary N) is 1. The molecule has 3 N–H and O–H groups in total. The monoisotopic (exact) mass is 407 g/mol. The Hall–Kier alpha value is -4.40. The minimum atomic E-state index is -0.887. The molecule has 0 heterocycles. The van der Waals surface area contributed by atoms with E-state index in [9.17, 15) is 19.7 Å². The molecule has 3 aromatic rings. The summed E-state index contributed by atoms with van der Waals surface area (Å²) >= 11 is 0. The predicted molar refractivity (Wildman–Crippen MR) is 109 cm³/mol. The van der Waals surface area contributed by atoms with Crippen molar-refractivity contribution < 1.29 is 24.0 Å². The van der Waals surface area contributed by atoms with Crippen molar-refractivity contribution in [3.8, 4) is 11.5 Å². The van der Waals surface area contributed by atoms with Crippen molar-refractivity contribution in [2.24, 2.45) is 0 Å². The second-order valence-electron chi connectivity index (χ2n) is 6.07. The molecule has 0 unspecified atom stereocenters. The predicted octanol–water partition coefficient (Wildman–Crippen LogP) is 3.76. The van der Waals surface area contributed by atoms with E-state index in [0.29, 0.717) is 17.2 Å². The van der Waals surface area contributed by atoms with Crippen molar-refractivity contribution in [1.29, 1.82) is 0 Å². The maximum absolute atomic E-state index is 12.2. The van der Waals surface area contributed by atoms with Gasteiger partial charge in [0.05, 0.1) is 16.2 Å². The lowest BCUT2D eigenvalue weighted by molar-refractivity contribution is -0.383. The van der Waals surface area contributed by atoms with Gasteiger partial charge in [0.2, 0.25) is 0 Å². The third kappa shape index (κ3) is 5.10. The number of esters is 1. The van der Waals surface area contributed by atoms with E-state index in [1.807, 2.05) is 18.2 Å². The highest BCUT2D eigenvalue weighted by Crippen LogP contribution is 2.29. The van der Waals surface area contributed by atoms with E-state index >= 15 is 0 Å². The fraction of sp³-hybridized carbons (Fsp3) is 0.0476. The summed E-state index contributed by atoms with van der Waals surface area (Å²) < 4.78 is 10.7. The molecule has 3 rings (SSSR count). The van der Waals surface area contributed by atoms with Crippen molar-refractivity contribution in [3.63, 3.8) is 0 Å². The highest BCUT2D eigenvalue weighted by molar-refractivity contribution is 5.96. The zero-order valence-electron chi connectivity index (χ0n) is 15.6. The summed E-state index contributed by atoms with van der Waals surface area (Å²) in [7, 11) is 0. The number of amides is 1. The summed E-state index contributed by atoms with van der Waals surface area (Å²) in [6, 6.07) is 19.3. The van der Waals surface area contributed by atoms with Gasteiger partial charge in [-0.3, -0.25) is 14.9 Å². The van der Waals surface area contributed by atoms with E-state index in [4.69, 9.17) is 15.2 Å². The van der Waals surface area contributed by atoms with Crippen LogP contribution in [0.1, 0.15) is 10.4 Å². The van der Waals surface area contributed by atoms with Gasteiger partial charge in [0.15, 0.2) is 12.4 Å². The van der Waals surface area contributed by atoms with Crippen LogP contribution in [0.5, 0.6) is 11.5 Å². The van der Waals surface area contributed by atoms with E-state index in [-0.39, 0.29) is 11.3 Å². The van der Waals surface area contributed by atoms with E-state index in [1.165, 1.54) is 12.1 Å². The average Bonchev–Trinajstić information content (AvgIpc) is 2.74. The largest absolute Gasteiger partial charge is 0.455 e. The van der Waals surface area contributed by atoms with Crippen LogP contribution in [0.2, 0.25) is 0 Å². The first-order valence-corrected chi connectivity index (χ1v) is 8.77. The Bertz CT molecular complexity index is 1090. The Morgan fingerprint density at radius 3 is 2.43 bits per heavy atom. The Balaban J connectivity index is 1.62. The SMILES string of the molecule is Nc1ccc(C(=O)OCC(=O)Nc2ccccc2Oc2ccccc2)cc1[N+](=O)[O-]. The van der Waals surface area contributed by atoms with Crippen molar-refractivity contribution in [2.45, 2.75) is 0 Å². The number of rotatable bonds is 7. The first-order valence-electron chi connectivity index (χ1n) is 8.77. The van der Waals surface area contributed by atoms with Crippen LogP contribution in [0.15, 0.2) is 72.8 Å². The van der Waals surface area contributed by atoms with Crippen LogP contribution < -0.4 is 15.8 Å². The fourth-order valence-corrected chi connectivity index (χ4v) is 2.50. The highest BCUT2D eigenvalue weighted by atomic mass is 16.6. The van der Waals surface area contributed by atoms with Gasteiger partial charge in [-0.25, -0.2) is 4.79 Å². The molecular formula is C21H17N3O6. The van der Waals surface area contributed by atoms with Crippen molar-refractivity contribution in [2.75, 3.05) is 17.7 Å².